The van der Waals surface area contributed by atoms with Crippen molar-refractivity contribution in [3.8, 4) is 0 Å². The maximum Gasteiger partial charge on any atom is 0.372 e. The van der Waals surface area contributed by atoms with Crippen LogP contribution in [0.5, 0.6) is 0 Å². The molecule has 10 heteroatoms. The predicted molar refractivity (Wildman–Crippen MR) is 69.5 cm³/mol. The second kappa shape index (κ2) is 4.56. The first kappa shape index (κ1) is 12.5. The molecule has 1 fully saturated rings. The topological polar surface area (TPSA) is 119 Å². The van der Waals surface area contributed by atoms with Gasteiger partial charge in [-0.3, -0.25) is 14.9 Å². The minimum Gasteiger partial charge on any atom is -0.358 e. The van der Waals surface area contributed by atoms with Gasteiger partial charge in [0.2, 0.25) is 17.6 Å². The summed E-state index contributed by atoms with van der Waals surface area (Å²) in [6, 6.07) is -0.698. The molecule has 0 spiro atoms. The van der Waals surface area contributed by atoms with Crippen LogP contribution < -0.4 is 10.6 Å². The summed E-state index contributed by atoms with van der Waals surface area (Å²) in [5.74, 6) is -1.01. The van der Waals surface area contributed by atoms with E-state index in [0.717, 1.165) is 0 Å². The zero-order valence-electron chi connectivity index (χ0n) is 10.0. The number of hydrogen-bond donors (Lipinski definition) is 2. The number of rotatable bonds is 3. The highest BCUT2D eigenvalue weighted by atomic mass is 32.1. The van der Waals surface area contributed by atoms with Gasteiger partial charge < -0.3 is 15.4 Å². The molecular formula is C10H9N5O4S. The van der Waals surface area contributed by atoms with Crippen LogP contribution in [-0.2, 0) is 9.59 Å². The van der Waals surface area contributed by atoms with Gasteiger partial charge in [-0.05, 0) is 11.3 Å². The number of hydrogen-bond acceptors (Lipinski definition) is 7. The molecule has 104 valence electrons. The van der Waals surface area contributed by atoms with Crippen molar-refractivity contribution in [2.24, 2.45) is 0 Å². The van der Waals surface area contributed by atoms with E-state index in [9.17, 15) is 19.7 Å². The highest BCUT2D eigenvalue weighted by Gasteiger charge is 2.31. The van der Waals surface area contributed by atoms with Crippen LogP contribution >= 0.6 is 11.3 Å². The molecule has 1 saturated heterocycles. The summed E-state index contributed by atoms with van der Waals surface area (Å²) in [7, 11) is 0. The maximum absolute atomic E-state index is 11.6. The van der Waals surface area contributed by atoms with Gasteiger partial charge in [-0.15, -0.1) is 0 Å². The number of carbonyl (C=O) groups is 2. The van der Waals surface area contributed by atoms with E-state index in [0.29, 0.717) is 4.96 Å². The third kappa shape index (κ3) is 1.99. The van der Waals surface area contributed by atoms with Gasteiger partial charge >= 0.3 is 5.82 Å². The Balaban J connectivity index is 1.92. The second-order valence-corrected chi connectivity index (χ2v) is 5.12. The van der Waals surface area contributed by atoms with Crippen molar-refractivity contribution in [2.45, 2.75) is 18.9 Å². The van der Waals surface area contributed by atoms with E-state index in [2.05, 4.69) is 15.6 Å². The van der Waals surface area contributed by atoms with E-state index >= 15 is 0 Å². The fourth-order valence-electron chi connectivity index (χ4n) is 2.04. The third-order valence-electron chi connectivity index (χ3n) is 2.96. The summed E-state index contributed by atoms with van der Waals surface area (Å²) in [6.45, 7) is 0. The number of amides is 2. The molecule has 3 heterocycles. The van der Waals surface area contributed by atoms with E-state index in [1.165, 1.54) is 15.7 Å². The number of imide groups is 1. The number of imidazole rings is 1. The molecule has 3 rings (SSSR count). The quantitative estimate of drug-likeness (QED) is 0.484. The van der Waals surface area contributed by atoms with Crippen LogP contribution in [0.2, 0.25) is 0 Å². The Morgan fingerprint density at radius 2 is 2.35 bits per heavy atom. The SMILES string of the molecule is O=C1CCC(Nc2nc3sccn3c2[N+](=O)[O-])C(=O)N1. The standard InChI is InChI=1S/C10H9N5O4S/c16-6-2-1-5(8(17)12-6)11-7-9(15(18)19)14-3-4-20-10(14)13-7/h3-5,11H,1-2H2,(H,12,16,17). The first-order valence-electron chi connectivity index (χ1n) is 5.76. The van der Waals surface area contributed by atoms with Gasteiger partial charge in [0.05, 0.1) is 0 Å². The molecule has 2 N–H and O–H groups in total. The smallest absolute Gasteiger partial charge is 0.358 e. The Labute approximate surface area is 115 Å². The summed E-state index contributed by atoms with van der Waals surface area (Å²) in [5.41, 5.74) is 0. The Morgan fingerprint density at radius 3 is 3.05 bits per heavy atom. The van der Waals surface area contributed by atoms with E-state index in [1.54, 1.807) is 11.6 Å². The lowest BCUT2D eigenvalue weighted by Gasteiger charge is -2.21. The van der Waals surface area contributed by atoms with Gasteiger partial charge in [-0.25, -0.2) is 0 Å². The number of aromatic nitrogens is 2. The van der Waals surface area contributed by atoms with E-state index in [4.69, 9.17) is 0 Å². The van der Waals surface area contributed by atoms with Gasteiger partial charge in [0.25, 0.3) is 4.96 Å². The van der Waals surface area contributed by atoms with Crippen LogP contribution in [-0.4, -0.2) is 32.2 Å². The molecule has 2 aromatic rings. The minimum absolute atomic E-state index is 0.0383. The number of nitrogens with zero attached hydrogens (tertiary/aromatic N) is 3. The van der Waals surface area contributed by atoms with E-state index in [-0.39, 0.29) is 30.4 Å². The van der Waals surface area contributed by atoms with Crippen molar-refractivity contribution in [1.29, 1.82) is 0 Å². The van der Waals surface area contributed by atoms with Crippen molar-refractivity contribution in [3.63, 3.8) is 0 Å². The van der Waals surface area contributed by atoms with Crippen LogP contribution in [0.1, 0.15) is 12.8 Å². The zero-order valence-corrected chi connectivity index (χ0v) is 10.8. The summed E-state index contributed by atoms with van der Waals surface area (Å²) in [4.78, 5) is 37.8. The van der Waals surface area contributed by atoms with Gasteiger partial charge in [0.15, 0.2) is 0 Å². The van der Waals surface area contributed by atoms with Crippen LogP contribution in [0.25, 0.3) is 4.96 Å². The van der Waals surface area contributed by atoms with Crippen molar-refractivity contribution in [1.82, 2.24) is 14.7 Å². The Kier molecular flexibility index (Phi) is 2.86. The van der Waals surface area contributed by atoms with E-state index < -0.39 is 16.9 Å². The van der Waals surface area contributed by atoms with Crippen LogP contribution in [0.4, 0.5) is 11.6 Å². The molecule has 1 unspecified atom stereocenters. The molecule has 0 saturated carbocycles. The Morgan fingerprint density at radius 1 is 1.55 bits per heavy atom. The third-order valence-corrected chi connectivity index (χ3v) is 3.72. The maximum atomic E-state index is 11.6. The van der Waals surface area contributed by atoms with Crippen molar-refractivity contribution in [3.05, 3.63) is 21.7 Å². The lowest BCUT2D eigenvalue weighted by atomic mass is 10.1. The molecule has 1 atom stereocenters. The predicted octanol–water partition coefficient (Wildman–Crippen LogP) is 0.521. The summed E-state index contributed by atoms with van der Waals surface area (Å²) in [6.07, 6.45) is 2.02. The summed E-state index contributed by atoms with van der Waals surface area (Å²) < 4.78 is 1.35. The average Bonchev–Trinajstić information content (AvgIpc) is 2.91. The van der Waals surface area contributed by atoms with Crippen LogP contribution in [0.15, 0.2) is 11.6 Å². The lowest BCUT2D eigenvalue weighted by molar-refractivity contribution is -0.389. The molecule has 1 aliphatic heterocycles. The first-order valence-corrected chi connectivity index (χ1v) is 6.64. The number of fused-ring (bicyclic) bond motifs is 1. The molecule has 0 aliphatic carbocycles. The molecule has 1 aliphatic rings. The molecule has 9 nitrogen and oxygen atoms in total. The zero-order chi connectivity index (χ0) is 14.3. The highest BCUT2D eigenvalue weighted by Crippen LogP contribution is 2.29. The molecule has 20 heavy (non-hydrogen) atoms. The van der Waals surface area contributed by atoms with E-state index in [1.807, 2.05) is 0 Å². The summed E-state index contributed by atoms with van der Waals surface area (Å²) >= 11 is 1.26. The fourth-order valence-corrected chi connectivity index (χ4v) is 2.75. The summed E-state index contributed by atoms with van der Waals surface area (Å²) in [5, 5.41) is 17.7. The molecule has 2 aromatic heterocycles. The number of nitrogens with one attached hydrogen (secondary N) is 2. The number of thiazole rings is 1. The molecular weight excluding hydrogens is 286 g/mol. The number of nitro groups is 1. The van der Waals surface area contributed by atoms with Crippen molar-refractivity contribution in [2.75, 3.05) is 5.32 Å². The second-order valence-electron chi connectivity index (χ2n) is 4.24. The number of piperidine rings is 1. The number of anilines is 1. The van der Waals surface area contributed by atoms with Crippen LogP contribution in [0.3, 0.4) is 0 Å². The lowest BCUT2D eigenvalue weighted by Crippen LogP contribution is -2.47. The highest BCUT2D eigenvalue weighted by molar-refractivity contribution is 7.15. The van der Waals surface area contributed by atoms with Gasteiger partial charge in [0.1, 0.15) is 12.2 Å². The van der Waals surface area contributed by atoms with Crippen molar-refractivity contribution >= 4 is 39.7 Å². The fraction of sp³-hybridized carbons (Fsp3) is 0.300. The van der Waals surface area contributed by atoms with Crippen LogP contribution in [0, 0.1) is 10.1 Å². The van der Waals surface area contributed by atoms with Gasteiger partial charge in [-0.2, -0.15) is 9.38 Å². The molecule has 2 amide bonds. The monoisotopic (exact) mass is 295 g/mol. The molecule has 0 bridgehead atoms. The first-order chi connectivity index (χ1) is 9.56. The Hall–Kier alpha value is -2.49. The molecule has 0 radical (unpaired) electrons. The average molecular weight is 295 g/mol. The Bertz CT molecular complexity index is 720. The van der Waals surface area contributed by atoms with Crippen molar-refractivity contribution < 1.29 is 14.5 Å². The largest absolute Gasteiger partial charge is 0.372 e. The van der Waals surface area contributed by atoms with Gasteiger partial charge in [0, 0.05) is 11.8 Å². The minimum atomic E-state index is -0.698. The van der Waals surface area contributed by atoms with Gasteiger partial charge in [-0.1, -0.05) is 11.3 Å². The molecule has 0 aromatic carbocycles. The number of carbonyl (C=O) groups excluding carboxylic acids is 2. The normalized spacial score (nSPS) is 19.1.